The number of ether oxygens (including phenoxy) is 2. The summed E-state index contributed by atoms with van der Waals surface area (Å²) in [6.07, 6.45) is 2.13. The Bertz CT molecular complexity index is 406. The van der Waals surface area contributed by atoms with E-state index in [2.05, 4.69) is 39.1 Å². The molecule has 1 aromatic heterocycles. The van der Waals surface area contributed by atoms with E-state index in [1.54, 1.807) is 0 Å². The van der Waals surface area contributed by atoms with Crippen LogP contribution >= 0.6 is 0 Å². The maximum Gasteiger partial charge on any atom is 0.324 e. The maximum absolute atomic E-state index is 5.03. The lowest BCUT2D eigenvalue weighted by Crippen LogP contribution is -2.42. The van der Waals surface area contributed by atoms with Crippen molar-refractivity contribution < 1.29 is 9.47 Å². The summed E-state index contributed by atoms with van der Waals surface area (Å²) in [4.78, 5) is 14.7. The first-order chi connectivity index (χ1) is 9.12. The predicted octanol–water partition coefficient (Wildman–Crippen LogP) is 0.783. The number of nitrogens with zero attached hydrogens (tertiary/aromatic N) is 4. The summed E-state index contributed by atoms with van der Waals surface area (Å²) in [6.45, 7) is 3.29. The normalized spacial score (nSPS) is 24.0. The van der Waals surface area contributed by atoms with Crippen LogP contribution in [0.2, 0.25) is 0 Å². The van der Waals surface area contributed by atoms with Crippen molar-refractivity contribution in [3.63, 3.8) is 0 Å². The van der Waals surface area contributed by atoms with E-state index in [0.717, 1.165) is 19.4 Å². The summed E-state index contributed by atoms with van der Waals surface area (Å²) in [7, 11) is 5.20. The minimum absolute atomic E-state index is 0.260. The number of methoxy groups -OCH3 is 2. The van der Waals surface area contributed by atoms with Crippen LogP contribution in [0, 0.1) is 0 Å². The second-order valence-electron chi connectivity index (χ2n) is 4.83. The van der Waals surface area contributed by atoms with Crippen LogP contribution in [-0.4, -0.2) is 59.7 Å². The average Bonchev–Trinajstić information content (AvgIpc) is 2.42. The van der Waals surface area contributed by atoms with Crippen molar-refractivity contribution in [1.82, 2.24) is 19.9 Å². The summed E-state index contributed by atoms with van der Waals surface area (Å²) >= 11 is 0. The van der Waals surface area contributed by atoms with Crippen molar-refractivity contribution in [2.24, 2.45) is 0 Å². The van der Waals surface area contributed by atoms with Crippen LogP contribution in [0.15, 0.2) is 0 Å². The third-order valence-electron chi connectivity index (χ3n) is 3.50. The molecular weight excluding hydrogens is 246 g/mol. The first-order valence-corrected chi connectivity index (χ1v) is 6.43. The molecule has 2 unspecified atom stereocenters. The molecule has 0 spiro atoms. The molecule has 1 N–H and O–H groups in total. The highest BCUT2D eigenvalue weighted by atomic mass is 16.5. The second-order valence-corrected chi connectivity index (χ2v) is 4.83. The molecule has 0 radical (unpaired) electrons. The van der Waals surface area contributed by atoms with E-state index in [4.69, 9.17) is 9.47 Å². The molecule has 7 nitrogen and oxygen atoms in total. The molecular formula is C12H21N5O2. The SMILES string of the molecule is COc1nc(NC2CCN(C)C(C)C2)nc(OC)n1. The molecule has 19 heavy (non-hydrogen) atoms. The molecule has 0 saturated carbocycles. The van der Waals surface area contributed by atoms with Gasteiger partial charge >= 0.3 is 12.0 Å². The van der Waals surface area contributed by atoms with Crippen molar-refractivity contribution in [3.05, 3.63) is 0 Å². The molecule has 106 valence electrons. The van der Waals surface area contributed by atoms with Gasteiger partial charge in [-0.15, -0.1) is 4.98 Å². The lowest BCUT2D eigenvalue weighted by Gasteiger charge is -2.35. The van der Waals surface area contributed by atoms with Gasteiger partial charge in [-0.3, -0.25) is 0 Å². The minimum atomic E-state index is 0.260. The van der Waals surface area contributed by atoms with Crippen molar-refractivity contribution >= 4 is 5.95 Å². The summed E-state index contributed by atoms with van der Waals surface area (Å²) in [5, 5.41) is 3.33. The molecule has 0 amide bonds. The van der Waals surface area contributed by atoms with Gasteiger partial charge in [-0.05, 0) is 26.8 Å². The topological polar surface area (TPSA) is 72.4 Å². The molecule has 2 heterocycles. The standard InChI is InChI=1S/C12H21N5O2/c1-8-7-9(5-6-17(8)2)13-10-14-11(18-3)16-12(15-10)19-4/h8-9H,5-7H2,1-4H3,(H,13,14,15,16). The van der Waals surface area contributed by atoms with E-state index < -0.39 is 0 Å². The van der Waals surface area contributed by atoms with E-state index in [0.29, 0.717) is 18.0 Å². The van der Waals surface area contributed by atoms with Gasteiger partial charge in [0.05, 0.1) is 14.2 Å². The number of hydrogen-bond donors (Lipinski definition) is 1. The van der Waals surface area contributed by atoms with Crippen LogP contribution in [0.4, 0.5) is 5.95 Å². The van der Waals surface area contributed by atoms with Crippen molar-refractivity contribution in [2.75, 3.05) is 33.1 Å². The molecule has 1 fully saturated rings. The third kappa shape index (κ3) is 3.44. The van der Waals surface area contributed by atoms with E-state index in [9.17, 15) is 0 Å². The zero-order valence-electron chi connectivity index (χ0n) is 11.9. The lowest BCUT2D eigenvalue weighted by molar-refractivity contribution is 0.189. The smallest absolute Gasteiger partial charge is 0.324 e. The van der Waals surface area contributed by atoms with E-state index in [1.807, 2.05) is 0 Å². The molecule has 0 bridgehead atoms. The van der Waals surface area contributed by atoms with Gasteiger partial charge in [-0.25, -0.2) is 0 Å². The zero-order valence-corrected chi connectivity index (χ0v) is 11.9. The van der Waals surface area contributed by atoms with Gasteiger partial charge in [-0.2, -0.15) is 9.97 Å². The Hall–Kier alpha value is -1.63. The van der Waals surface area contributed by atoms with Crippen LogP contribution in [0.25, 0.3) is 0 Å². The molecule has 1 aliphatic heterocycles. The first kappa shape index (κ1) is 13.8. The fraction of sp³-hybridized carbons (Fsp3) is 0.750. The molecule has 7 heteroatoms. The van der Waals surface area contributed by atoms with Crippen LogP contribution in [0.1, 0.15) is 19.8 Å². The highest BCUT2D eigenvalue weighted by Gasteiger charge is 2.23. The number of likely N-dealkylation sites (tertiary alicyclic amines) is 1. The van der Waals surface area contributed by atoms with Crippen molar-refractivity contribution in [1.29, 1.82) is 0 Å². The minimum Gasteiger partial charge on any atom is -0.467 e. The largest absolute Gasteiger partial charge is 0.467 e. The molecule has 1 aromatic rings. The Balaban J connectivity index is 2.06. The Morgan fingerprint density at radius 1 is 1.16 bits per heavy atom. The second kappa shape index (κ2) is 6.01. The molecule has 2 atom stereocenters. The number of anilines is 1. The maximum atomic E-state index is 5.03. The molecule has 1 aliphatic rings. The highest BCUT2D eigenvalue weighted by Crippen LogP contribution is 2.20. The number of hydrogen-bond acceptors (Lipinski definition) is 7. The Morgan fingerprint density at radius 2 is 1.79 bits per heavy atom. The van der Waals surface area contributed by atoms with Crippen LogP contribution < -0.4 is 14.8 Å². The number of rotatable bonds is 4. The third-order valence-corrected chi connectivity index (χ3v) is 3.50. The van der Waals surface area contributed by atoms with Gasteiger partial charge in [0.15, 0.2) is 0 Å². The van der Waals surface area contributed by atoms with Gasteiger partial charge in [0.25, 0.3) is 0 Å². The Kier molecular flexibility index (Phi) is 4.36. The fourth-order valence-corrected chi connectivity index (χ4v) is 2.19. The predicted molar refractivity (Wildman–Crippen MR) is 71.7 cm³/mol. The molecule has 0 aromatic carbocycles. The zero-order chi connectivity index (χ0) is 13.8. The van der Waals surface area contributed by atoms with Crippen LogP contribution in [0.5, 0.6) is 12.0 Å². The van der Waals surface area contributed by atoms with Gasteiger partial charge in [-0.1, -0.05) is 0 Å². The molecule has 1 saturated heterocycles. The summed E-state index contributed by atoms with van der Waals surface area (Å²) < 4.78 is 10.1. The number of nitrogens with one attached hydrogen (secondary N) is 1. The van der Waals surface area contributed by atoms with Gasteiger partial charge < -0.3 is 19.7 Å². The molecule has 2 rings (SSSR count). The first-order valence-electron chi connectivity index (χ1n) is 6.43. The average molecular weight is 267 g/mol. The van der Waals surface area contributed by atoms with Gasteiger partial charge in [0.2, 0.25) is 5.95 Å². The van der Waals surface area contributed by atoms with Crippen molar-refractivity contribution in [3.8, 4) is 12.0 Å². The number of aromatic nitrogens is 3. The van der Waals surface area contributed by atoms with E-state index >= 15 is 0 Å². The van der Waals surface area contributed by atoms with Crippen LogP contribution in [0.3, 0.4) is 0 Å². The number of piperidine rings is 1. The summed E-state index contributed by atoms with van der Waals surface area (Å²) in [6, 6.07) is 1.44. The summed E-state index contributed by atoms with van der Waals surface area (Å²) in [5.41, 5.74) is 0. The fourth-order valence-electron chi connectivity index (χ4n) is 2.19. The lowest BCUT2D eigenvalue weighted by atomic mass is 9.99. The van der Waals surface area contributed by atoms with E-state index in [-0.39, 0.29) is 12.0 Å². The Labute approximate surface area is 113 Å². The monoisotopic (exact) mass is 267 g/mol. The Morgan fingerprint density at radius 3 is 2.32 bits per heavy atom. The summed E-state index contributed by atoms with van der Waals surface area (Å²) in [5.74, 6) is 0.505. The van der Waals surface area contributed by atoms with Gasteiger partial charge in [0.1, 0.15) is 0 Å². The van der Waals surface area contributed by atoms with Crippen molar-refractivity contribution in [2.45, 2.75) is 31.8 Å². The highest BCUT2D eigenvalue weighted by molar-refractivity contribution is 5.29. The van der Waals surface area contributed by atoms with Crippen LogP contribution in [-0.2, 0) is 0 Å². The van der Waals surface area contributed by atoms with Gasteiger partial charge in [0, 0.05) is 18.6 Å². The molecule has 0 aliphatic carbocycles. The van der Waals surface area contributed by atoms with E-state index in [1.165, 1.54) is 14.2 Å². The quantitative estimate of drug-likeness (QED) is 0.864.